The summed E-state index contributed by atoms with van der Waals surface area (Å²) in [4.78, 5) is 0. The number of rotatable bonds is 4. The molecule has 0 saturated carbocycles. The van der Waals surface area contributed by atoms with Crippen molar-refractivity contribution in [3.05, 3.63) is 51.3 Å². The van der Waals surface area contributed by atoms with Crippen molar-refractivity contribution in [2.45, 2.75) is 25.9 Å². The van der Waals surface area contributed by atoms with Gasteiger partial charge in [-0.3, -0.25) is 4.68 Å². The van der Waals surface area contributed by atoms with Crippen LogP contribution in [0.3, 0.4) is 0 Å². The van der Waals surface area contributed by atoms with Crippen LogP contribution in [-0.2, 0) is 19.9 Å². The molecule has 0 amide bonds. The van der Waals surface area contributed by atoms with Gasteiger partial charge in [0.1, 0.15) is 0 Å². The summed E-state index contributed by atoms with van der Waals surface area (Å²) in [5.41, 5.74) is 2.73. The lowest BCUT2D eigenvalue weighted by Crippen LogP contribution is -2.07. The fraction of sp³-hybridized carbons (Fsp3) is 0.357. The molecule has 0 saturated heterocycles. The summed E-state index contributed by atoms with van der Waals surface area (Å²) >= 11 is 11.8. The number of aromatic nitrogens is 2. The van der Waals surface area contributed by atoms with Crippen molar-refractivity contribution in [2.75, 3.05) is 0 Å². The fourth-order valence-corrected chi connectivity index (χ4v) is 2.34. The molecule has 1 N–H and O–H groups in total. The average molecular weight is 299 g/mol. The van der Waals surface area contributed by atoms with E-state index < -0.39 is 6.10 Å². The van der Waals surface area contributed by atoms with E-state index in [1.807, 2.05) is 26.1 Å². The zero-order chi connectivity index (χ0) is 14.0. The first-order chi connectivity index (χ1) is 9.01. The van der Waals surface area contributed by atoms with Gasteiger partial charge in [-0.25, -0.2) is 0 Å². The van der Waals surface area contributed by atoms with Gasteiger partial charge in [-0.1, -0.05) is 36.2 Å². The van der Waals surface area contributed by atoms with Gasteiger partial charge in [0.05, 0.1) is 27.5 Å². The Labute approximate surface area is 122 Å². The van der Waals surface area contributed by atoms with Crippen LogP contribution in [0.15, 0.2) is 24.3 Å². The maximum Gasteiger partial charge on any atom is 0.0996 e. The summed E-state index contributed by atoms with van der Waals surface area (Å²) in [5.74, 6) is 0. The van der Waals surface area contributed by atoms with Crippen molar-refractivity contribution in [3.8, 4) is 0 Å². The molecule has 0 spiro atoms. The highest BCUT2D eigenvalue weighted by Crippen LogP contribution is 2.25. The molecule has 0 radical (unpaired) electrons. The second-order valence-electron chi connectivity index (χ2n) is 4.51. The molecule has 19 heavy (non-hydrogen) atoms. The first kappa shape index (κ1) is 14.4. The van der Waals surface area contributed by atoms with Gasteiger partial charge < -0.3 is 5.11 Å². The molecular formula is C14H16Cl2N2O. The van der Waals surface area contributed by atoms with Gasteiger partial charge in [-0.05, 0) is 30.2 Å². The monoisotopic (exact) mass is 298 g/mol. The Bertz CT molecular complexity index is 581. The fourth-order valence-electron chi connectivity index (χ4n) is 2.02. The number of hydrogen-bond donors (Lipinski definition) is 1. The number of nitrogens with zero attached hydrogens (tertiary/aromatic N) is 2. The lowest BCUT2D eigenvalue weighted by molar-refractivity contribution is 0.168. The van der Waals surface area contributed by atoms with E-state index in [1.54, 1.807) is 16.8 Å². The summed E-state index contributed by atoms with van der Waals surface area (Å²) in [5, 5.41) is 15.6. The average Bonchev–Trinajstić information content (AvgIpc) is 2.75. The Morgan fingerprint density at radius 2 is 2.00 bits per heavy atom. The number of halogens is 2. The Balaban J connectivity index is 2.17. The number of hydrogen-bond acceptors (Lipinski definition) is 2. The Kier molecular flexibility index (Phi) is 4.50. The van der Waals surface area contributed by atoms with Crippen LogP contribution in [0.4, 0.5) is 0 Å². The summed E-state index contributed by atoms with van der Waals surface area (Å²) < 4.78 is 1.72. The summed E-state index contributed by atoms with van der Waals surface area (Å²) in [6, 6.07) is 7.33. The van der Waals surface area contributed by atoms with Gasteiger partial charge in [0.25, 0.3) is 0 Å². The molecule has 1 aromatic heterocycles. The third kappa shape index (κ3) is 3.30. The topological polar surface area (TPSA) is 38.0 Å². The molecule has 0 aliphatic heterocycles. The van der Waals surface area contributed by atoms with Crippen molar-refractivity contribution in [3.63, 3.8) is 0 Å². The van der Waals surface area contributed by atoms with Crippen molar-refractivity contribution >= 4 is 23.2 Å². The Morgan fingerprint density at radius 1 is 1.26 bits per heavy atom. The first-order valence-corrected chi connectivity index (χ1v) is 6.91. The minimum Gasteiger partial charge on any atom is -0.386 e. The second-order valence-corrected chi connectivity index (χ2v) is 5.32. The summed E-state index contributed by atoms with van der Waals surface area (Å²) in [6.07, 6.45) is 0.738. The predicted octanol–water partition coefficient (Wildman–Crippen LogP) is 3.57. The van der Waals surface area contributed by atoms with Crippen LogP contribution in [0.25, 0.3) is 0 Å². The van der Waals surface area contributed by atoms with Gasteiger partial charge >= 0.3 is 0 Å². The lowest BCUT2D eigenvalue weighted by atomic mass is 10.1. The van der Waals surface area contributed by atoms with E-state index in [0.717, 1.165) is 23.4 Å². The summed E-state index contributed by atoms with van der Waals surface area (Å²) in [7, 11) is 1.84. The molecule has 1 unspecified atom stereocenters. The van der Waals surface area contributed by atoms with Crippen LogP contribution in [0.2, 0.25) is 10.0 Å². The van der Waals surface area contributed by atoms with Crippen LogP contribution >= 0.6 is 23.2 Å². The quantitative estimate of drug-likeness (QED) is 0.937. The standard InChI is InChI=1S/C14H16Cl2N2O/c1-3-10-8-13(18(2)17-10)14(19)7-9-4-5-11(15)12(16)6-9/h4-6,8,14,19H,3,7H2,1-2H3. The molecule has 1 heterocycles. The minimum atomic E-state index is -0.602. The number of benzene rings is 1. The maximum absolute atomic E-state index is 10.3. The maximum atomic E-state index is 10.3. The van der Waals surface area contributed by atoms with Gasteiger partial charge in [0.15, 0.2) is 0 Å². The molecule has 2 rings (SSSR count). The van der Waals surface area contributed by atoms with E-state index in [4.69, 9.17) is 23.2 Å². The molecule has 102 valence electrons. The van der Waals surface area contributed by atoms with Crippen LogP contribution in [0, 0.1) is 0 Å². The van der Waals surface area contributed by atoms with Gasteiger partial charge in [-0.15, -0.1) is 0 Å². The molecule has 5 heteroatoms. The molecule has 3 nitrogen and oxygen atoms in total. The second kappa shape index (κ2) is 5.95. The number of aryl methyl sites for hydroxylation is 2. The molecule has 2 aromatic rings. The van der Waals surface area contributed by atoms with Crippen LogP contribution in [0.5, 0.6) is 0 Å². The first-order valence-electron chi connectivity index (χ1n) is 6.16. The van der Waals surface area contributed by atoms with Gasteiger partial charge in [0, 0.05) is 13.5 Å². The predicted molar refractivity (Wildman–Crippen MR) is 77.7 cm³/mol. The van der Waals surface area contributed by atoms with Crippen molar-refractivity contribution in [2.24, 2.45) is 7.05 Å². The van der Waals surface area contributed by atoms with Crippen molar-refractivity contribution < 1.29 is 5.11 Å². The molecule has 1 atom stereocenters. The van der Waals surface area contributed by atoms with E-state index in [9.17, 15) is 5.11 Å². The summed E-state index contributed by atoms with van der Waals surface area (Å²) in [6.45, 7) is 2.04. The molecule has 0 fully saturated rings. The van der Waals surface area contributed by atoms with E-state index in [1.165, 1.54) is 0 Å². The van der Waals surface area contributed by atoms with Crippen LogP contribution in [0.1, 0.15) is 30.0 Å². The lowest BCUT2D eigenvalue weighted by Gasteiger charge is -2.11. The normalized spacial score (nSPS) is 12.7. The highest BCUT2D eigenvalue weighted by Gasteiger charge is 2.15. The number of aliphatic hydroxyl groups is 1. The zero-order valence-corrected chi connectivity index (χ0v) is 12.4. The highest BCUT2D eigenvalue weighted by atomic mass is 35.5. The molecular weight excluding hydrogens is 283 g/mol. The Morgan fingerprint density at radius 3 is 2.58 bits per heavy atom. The molecule has 0 bridgehead atoms. The van der Waals surface area contributed by atoms with Crippen LogP contribution < -0.4 is 0 Å². The smallest absolute Gasteiger partial charge is 0.0996 e. The Hall–Kier alpha value is -1.03. The van der Waals surface area contributed by atoms with Crippen molar-refractivity contribution in [1.29, 1.82) is 0 Å². The van der Waals surface area contributed by atoms with E-state index in [0.29, 0.717) is 16.5 Å². The highest BCUT2D eigenvalue weighted by molar-refractivity contribution is 6.42. The van der Waals surface area contributed by atoms with E-state index >= 15 is 0 Å². The zero-order valence-electron chi connectivity index (χ0n) is 10.9. The van der Waals surface area contributed by atoms with Crippen LogP contribution in [-0.4, -0.2) is 14.9 Å². The van der Waals surface area contributed by atoms with E-state index in [-0.39, 0.29) is 0 Å². The largest absolute Gasteiger partial charge is 0.386 e. The van der Waals surface area contributed by atoms with Gasteiger partial charge in [0.2, 0.25) is 0 Å². The third-order valence-corrected chi connectivity index (χ3v) is 3.82. The third-order valence-electron chi connectivity index (χ3n) is 3.08. The van der Waals surface area contributed by atoms with Crippen molar-refractivity contribution in [1.82, 2.24) is 9.78 Å². The molecule has 0 aliphatic carbocycles. The van der Waals surface area contributed by atoms with Gasteiger partial charge in [-0.2, -0.15) is 5.10 Å². The van der Waals surface area contributed by atoms with E-state index in [2.05, 4.69) is 5.10 Å². The SMILES string of the molecule is CCc1cc(C(O)Cc2ccc(Cl)c(Cl)c2)n(C)n1. The number of aliphatic hydroxyl groups excluding tert-OH is 1. The minimum absolute atomic E-state index is 0.486. The molecule has 0 aliphatic rings. The molecule has 1 aromatic carbocycles.